The van der Waals surface area contributed by atoms with Crippen LogP contribution in [0.5, 0.6) is 0 Å². The molecule has 6 nitrogen and oxygen atoms in total. The number of fused-ring (bicyclic) bond motifs is 1. The van der Waals surface area contributed by atoms with E-state index in [1.54, 1.807) is 18.4 Å². The summed E-state index contributed by atoms with van der Waals surface area (Å²) in [5, 5.41) is 8.36. The number of aryl methyl sites for hydroxylation is 1. The van der Waals surface area contributed by atoms with E-state index in [2.05, 4.69) is 38.0 Å². The van der Waals surface area contributed by atoms with Crippen molar-refractivity contribution in [2.24, 2.45) is 16.0 Å². The molecule has 1 saturated carbocycles. The van der Waals surface area contributed by atoms with E-state index in [4.69, 9.17) is 4.98 Å². The summed E-state index contributed by atoms with van der Waals surface area (Å²) < 4.78 is 38.8. The second kappa shape index (κ2) is 9.48. The fourth-order valence-corrected chi connectivity index (χ4v) is 4.08. The van der Waals surface area contributed by atoms with Gasteiger partial charge in [-0.25, -0.2) is 15.4 Å². The molecule has 1 unspecified atom stereocenters. The Morgan fingerprint density at radius 1 is 1.11 bits per heavy atom. The topological polar surface area (TPSA) is 74.6 Å². The maximum atomic E-state index is 12.9. The van der Waals surface area contributed by atoms with Crippen molar-refractivity contribution >= 4 is 34.5 Å². The third-order valence-corrected chi connectivity index (χ3v) is 6.08. The summed E-state index contributed by atoms with van der Waals surface area (Å²) >= 11 is 0. The SMILES string of the molecule is Cc1nc(N/N=C/C2=NCC(Nc3cccc(C(F)(F)F)c3)C=C2)nc2c(CC3CC3)cccc12. The highest BCUT2D eigenvalue weighted by atomic mass is 19.4. The molecule has 35 heavy (non-hydrogen) atoms. The van der Waals surface area contributed by atoms with Gasteiger partial charge < -0.3 is 5.32 Å². The van der Waals surface area contributed by atoms with Crippen molar-refractivity contribution in [3.63, 3.8) is 0 Å². The van der Waals surface area contributed by atoms with Gasteiger partial charge in [-0.1, -0.05) is 30.3 Å². The Balaban J connectivity index is 1.21. The lowest BCUT2D eigenvalue weighted by atomic mass is 10.0. The average molecular weight is 479 g/mol. The van der Waals surface area contributed by atoms with Crippen LogP contribution in [0.1, 0.15) is 29.7 Å². The van der Waals surface area contributed by atoms with Crippen LogP contribution in [0.3, 0.4) is 0 Å². The first kappa shape index (κ1) is 23.0. The minimum absolute atomic E-state index is 0.208. The quantitative estimate of drug-likeness (QED) is 0.333. The fourth-order valence-electron chi connectivity index (χ4n) is 4.08. The third kappa shape index (κ3) is 5.67. The van der Waals surface area contributed by atoms with Crippen LogP contribution >= 0.6 is 0 Å². The highest BCUT2D eigenvalue weighted by Crippen LogP contribution is 2.34. The summed E-state index contributed by atoms with van der Waals surface area (Å²) in [5.74, 6) is 1.19. The number of aromatic nitrogens is 2. The van der Waals surface area contributed by atoms with Gasteiger partial charge in [0, 0.05) is 11.1 Å². The van der Waals surface area contributed by atoms with Gasteiger partial charge in [0.05, 0.1) is 41.3 Å². The number of rotatable bonds is 7. The number of para-hydroxylation sites is 1. The van der Waals surface area contributed by atoms with E-state index in [1.807, 2.05) is 19.1 Å². The Morgan fingerprint density at radius 2 is 1.94 bits per heavy atom. The summed E-state index contributed by atoms with van der Waals surface area (Å²) in [6, 6.07) is 11.2. The zero-order valence-corrected chi connectivity index (χ0v) is 19.2. The number of nitrogens with zero attached hydrogens (tertiary/aromatic N) is 4. The molecule has 2 aromatic carbocycles. The number of aliphatic imine (C=N–C) groups is 1. The molecule has 2 heterocycles. The molecular weight excluding hydrogens is 453 g/mol. The first-order chi connectivity index (χ1) is 16.8. The number of nitrogens with one attached hydrogen (secondary N) is 2. The number of allylic oxidation sites excluding steroid dienone is 1. The normalized spacial score (nSPS) is 18.2. The van der Waals surface area contributed by atoms with Crippen LogP contribution in [0.4, 0.5) is 24.8 Å². The van der Waals surface area contributed by atoms with Crippen molar-refractivity contribution in [2.75, 3.05) is 17.3 Å². The average Bonchev–Trinajstić information content (AvgIpc) is 3.65. The highest BCUT2D eigenvalue weighted by Gasteiger charge is 2.30. The smallest absolute Gasteiger partial charge is 0.377 e. The molecule has 1 fully saturated rings. The lowest BCUT2D eigenvalue weighted by molar-refractivity contribution is -0.137. The van der Waals surface area contributed by atoms with Gasteiger partial charge in [-0.15, -0.1) is 0 Å². The molecule has 2 N–H and O–H groups in total. The predicted octanol–water partition coefficient (Wildman–Crippen LogP) is 5.80. The maximum absolute atomic E-state index is 12.9. The molecule has 1 atom stereocenters. The van der Waals surface area contributed by atoms with E-state index in [-0.39, 0.29) is 6.04 Å². The Bertz CT molecular complexity index is 1320. The molecule has 0 radical (unpaired) electrons. The molecule has 1 aromatic heterocycles. The van der Waals surface area contributed by atoms with Gasteiger partial charge in [-0.2, -0.15) is 18.3 Å². The Hall–Kier alpha value is -3.75. The van der Waals surface area contributed by atoms with Crippen LogP contribution in [0, 0.1) is 12.8 Å². The van der Waals surface area contributed by atoms with E-state index in [1.165, 1.54) is 24.5 Å². The molecule has 9 heteroatoms. The van der Waals surface area contributed by atoms with Crippen molar-refractivity contribution in [1.29, 1.82) is 0 Å². The van der Waals surface area contributed by atoms with Crippen LogP contribution in [0.2, 0.25) is 0 Å². The molecule has 2 aliphatic rings. The Kier molecular flexibility index (Phi) is 6.23. The van der Waals surface area contributed by atoms with E-state index < -0.39 is 11.7 Å². The van der Waals surface area contributed by atoms with Gasteiger partial charge in [0.2, 0.25) is 5.95 Å². The number of hydrazone groups is 1. The zero-order chi connectivity index (χ0) is 24.4. The second-order valence-corrected chi connectivity index (χ2v) is 8.92. The first-order valence-electron chi connectivity index (χ1n) is 11.6. The van der Waals surface area contributed by atoms with Crippen molar-refractivity contribution < 1.29 is 13.2 Å². The third-order valence-electron chi connectivity index (χ3n) is 6.08. The largest absolute Gasteiger partial charge is 0.416 e. The van der Waals surface area contributed by atoms with Crippen LogP contribution in [0.25, 0.3) is 10.9 Å². The Labute approximate surface area is 201 Å². The summed E-state index contributed by atoms with van der Waals surface area (Å²) in [7, 11) is 0. The Morgan fingerprint density at radius 3 is 2.69 bits per heavy atom. The van der Waals surface area contributed by atoms with E-state index in [0.717, 1.165) is 41.1 Å². The maximum Gasteiger partial charge on any atom is 0.416 e. The van der Waals surface area contributed by atoms with Gasteiger partial charge in [0.25, 0.3) is 0 Å². The zero-order valence-electron chi connectivity index (χ0n) is 19.2. The summed E-state index contributed by atoms with van der Waals surface area (Å²) in [6.07, 6.45) is 4.43. The molecular formula is C26H25F3N6. The van der Waals surface area contributed by atoms with Crippen LogP contribution in [-0.4, -0.2) is 34.5 Å². The summed E-state index contributed by atoms with van der Waals surface area (Å²) in [5.41, 5.74) is 6.35. The second-order valence-electron chi connectivity index (χ2n) is 8.92. The molecule has 0 spiro atoms. The molecule has 5 rings (SSSR count). The van der Waals surface area contributed by atoms with Gasteiger partial charge in [-0.3, -0.25) is 4.99 Å². The molecule has 0 saturated heterocycles. The lowest BCUT2D eigenvalue weighted by Crippen LogP contribution is -2.24. The molecule has 0 bridgehead atoms. The van der Waals surface area contributed by atoms with Crippen LogP contribution < -0.4 is 10.7 Å². The number of hydrogen-bond donors (Lipinski definition) is 2. The summed E-state index contributed by atoms with van der Waals surface area (Å²) in [6.45, 7) is 2.34. The number of benzene rings is 2. The van der Waals surface area contributed by atoms with Gasteiger partial charge in [0.15, 0.2) is 0 Å². The number of anilines is 2. The van der Waals surface area contributed by atoms with Gasteiger partial charge in [0.1, 0.15) is 0 Å². The highest BCUT2D eigenvalue weighted by molar-refractivity contribution is 6.36. The van der Waals surface area contributed by atoms with Crippen LogP contribution in [0.15, 0.2) is 64.7 Å². The molecule has 180 valence electrons. The molecule has 3 aromatic rings. The number of dihydropyridines is 1. The van der Waals surface area contributed by atoms with Gasteiger partial charge in [-0.05, 0) is 61.9 Å². The monoisotopic (exact) mass is 478 g/mol. The number of alkyl halides is 3. The lowest BCUT2D eigenvalue weighted by Gasteiger charge is -2.18. The predicted molar refractivity (Wildman–Crippen MR) is 133 cm³/mol. The van der Waals surface area contributed by atoms with Crippen LogP contribution in [-0.2, 0) is 12.6 Å². The van der Waals surface area contributed by atoms with Crippen molar-refractivity contribution in [1.82, 2.24) is 9.97 Å². The van der Waals surface area contributed by atoms with Crippen molar-refractivity contribution in [3.8, 4) is 0 Å². The number of halogens is 3. The molecule has 0 amide bonds. The standard InChI is InChI=1S/C26H25F3N6/c1-16-23-7-2-4-18(12-17-8-9-17)24(23)34-25(32-16)35-31-15-21-10-11-22(14-30-21)33-20-6-3-5-19(13-20)26(27,28)29/h2-7,10-11,13,15,17,22,33H,8-9,12,14H2,1H3,(H,32,34,35)/b31-15+. The minimum atomic E-state index is -4.37. The van der Waals surface area contributed by atoms with Gasteiger partial charge >= 0.3 is 6.18 Å². The molecule has 1 aliphatic heterocycles. The molecule has 1 aliphatic carbocycles. The first-order valence-corrected chi connectivity index (χ1v) is 11.6. The van der Waals surface area contributed by atoms with Crippen molar-refractivity contribution in [3.05, 3.63) is 71.4 Å². The van der Waals surface area contributed by atoms with Crippen molar-refractivity contribution in [2.45, 2.75) is 38.4 Å². The minimum Gasteiger partial charge on any atom is -0.377 e. The fraction of sp³-hybridized carbons (Fsp3) is 0.308. The van der Waals surface area contributed by atoms with E-state index in [0.29, 0.717) is 23.9 Å². The number of hydrogen-bond acceptors (Lipinski definition) is 6. The van der Waals surface area contributed by atoms with E-state index in [9.17, 15) is 13.2 Å². The van der Waals surface area contributed by atoms with E-state index >= 15 is 0 Å². The summed E-state index contributed by atoms with van der Waals surface area (Å²) in [4.78, 5) is 13.7.